The van der Waals surface area contributed by atoms with E-state index in [1.807, 2.05) is 13.8 Å². The van der Waals surface area contributed by atoms with Crippen molar-refractivity contribution in [3.63, 3.8) is 0 Å². The van der Waals surface area contributed by atoms with Gasteiger partial charge >= 0.3 is 0 Å². The van der Waals surface area contributed by atoms with Gasteiger partial charge in [0.05, 0.1) is 18.3 Å². The monoisotopic (exact) mass is 284 g/mol. The summed E-state index contributed by atoms with van der Waals surface area (Å²) in [7, 11) is 0. The number of hydrogen-bond donors (Lipinski definition) is 0. The number of rotatable bonds is 4. The zero-order valence-corrected chi connectivity index (χ0v) is 11.6. The zero-order valence-electron chi connectivity index (χ0n) is 11.6. The fourth-order valence-electron chi connectivity index (χ4n) is 2.43. The Morgan fingerprint density at radius 2 is 1.90 bits per heavy atom. The highest BCUT2D eigenvalue weighted by molar-refractivity contribution is 5.97. The van der Waals surface area contributed by atoms with Crippen LogP contribution in [0.1, 0.15) is 37.0 Å². The van der Waals surface area contributed by atoms with Crippen molar-refractivity contribution in [1.82, 2.24) is 0 Å². The largest absolute Gasteiger partial charge is 0.375 e. The Bertz CT molecular complexity index is 480. The second kappa shape index (κ2) is 6.41. The third-order valence-electron chi connectivity index (χ3n) is 3.35. The number of ether oxygens (including phenoxy) is 2. The van der Waals surface area contributed by atoms with Crippen LogP contribution in [0.4, 0.5) is 8.78 Å². The SMILES string of the molecule is CC1CC(OCC(=O)c2ccc(F)c(F)c2)CC(C)O1. The fraction of sp³-hybridized carbons (Fsp3) is 0.533. The van der Waals surface area contributed by atoms with Gasteiger partial charge in [-0.3, -0.25) is 4.79 Å². The molecule has 2 atom stereocenters. The van der Waals surface area contributed by atoms with Gasteiger partial charge in [0.2, 0.25) is 0 Å². The van der Waals surface area contributed by atoms with Crippen molar-refractivity contribution < 1.29 is 23.0 Å². The topological polar surface area (TPSA) is 35.5 Å². The highest BCUT2D eigenvalue weighted by Crippen LogP contribution is 2.21. The van der Waals surface area contributed by atoms with E-state index in [4.69, 9.17) is 9.47 Å². The number of benzene rings is 1. The normalized spacial score (nSPS) is 26.5. The number of hydrogen-bond acceptors (Lipinski definition) is 3. The average Bonchev–Trinajstić information content (AvgIpc) is 2.38. The van der Waals surface area contributed by atoms with Gasteiger partial charge in [0.15, 0.2) is 17.4 Å². The van der Waals surface area contributed by atoms with Crippen molar-refractivity contribution in [3.05, 3.63) is 35.4 Å². The molecular weight excluding hydrogens is 266 g/mol. The summed E-state index contributed by atoms with van der Waals surface area (Å²) < 4.78 is 37.0. The second-order valence-corrected chi connectivity index (χ2v) is 5.21. The molecule has 1 heterocycles. The third-order valence-corrected chi connectivity index (χ3v) is 3.35. The van der Waals surface area contributed by atoms with Gasteiger partial charge in [0.1, 0.15) is 6.61 Å². The molecule has 3 nitrogen and oxygen atoms in total. The Hall–Kier alpha value is -1.33. The smallest absolute Gasteiger partial charge is 0.188 e. The Morgan fingerprint density at radius 3 is 2.50 bits per heavy atom. The zero-order chi connectivity index (χ0) is 14.7. The molecule has 0 spiro atoms. The van der Waals surface area contributed by atoms with Gasteiger partial charge in [0.25, 0.3) is 0 Å². The number of ketones is 1. The van der Waals surface area contributed by atoms with E-state index in [1.54, 1.807) is 0 Å². The van der Waals surface area contributed by atoms with Crippen LogP contribution in [0.25, 0.3) is 0 Å². The van der Waals surface area contributed by atoms with Crippen molar-refractivity contribution in [2.24, 2.45) is 0 Å². The van der Waals surface area contributed by atoms with Crippen LogP contribution in [0, 0.1) is 11.6 Å². The molecule has 0 bridgehead atoms. The molecule has 0 aromatic heterocycles. The summed E-state index contributed by atoms with van der Waals surface area (Å²) in [5, 5.41) is 0. The molecule has 0 aliphatic carbocycles. The minimum Gasteiger partial charge on any atom is -0.375 e. The highest BCUT2D eigenvalue weighted by atomic mass is 19.2. The maximum Gasteiger partial charge on any atom is 0.188 e. The lowest BCUT2D eigenvalue weighted by Crippen LogP contribution is -2.35. The number of carbonyl (C=O) groups is 1. The first-order valence-electron chi connectivity index (χ1n) is 6.71. The Morgan fingerprint density at radius 1 is 1.25 bits per heavy atom. The van der Waals surface area contributed by atoms with Crippen LogP contribution in [-0.4, -0.2) is 30.7 Å². The van der Waals surface area contributed by atoms with Crippen LogP contribution < -0.4 is 0 Å². The third kappa shape index (κ3) is 3.84. The minimum atomic E-state index is -1.02. The molecule has 110 valence electrons. The predicted octanol–water partition coefficient (Wildman–Crippen LogP) is 3.12. The Kier molecular flexibility index (Phi) is 4.83. The molecule has 1 aliphatic heterocycles. The van der Waals surface area contributed by atoms with Gasteiger partial charge in [-0.05, 0) is 44.9 Å². The van der Waals surface area contributed by atoms with Gasteiger partial charge in [-0.1, -0.05) is 0 Å². The lowest BCUT2D eigenvalue weighted by atomic mass is 10.0. The predicted molar refractivity (Wildman–Crippen MR) is 69.7 cm³/mol. The lowest BCUT2D eigenvalue weighted by molar-refractivity contribution is -0.0975. The first-order valence-corrected chi connectivity index (χ1v) is 6.71. The van der Waals surface area contributed by atoms with E-state index in [0.29, 0.717) is 0 Å². The summed E-state index contributed by atoms with van der Waals surface area (Å²) in [6, 6.07) is 3.11. The minimum absolute atomic E-state index is 0.0389. The van der Waals surface area contributed by atoms with Crippen LogP contribution >= 0.6 is 0 Å². The molecule has 2 rings (SSSR count). The molecule has 5 heteroatoms. The highest BCUT2D eigenvalue weighted by Gasteiger charge is 2.25. The van der Waals surface area contributed by atoms with Crippen molar-refractivity contribution in [1.29, 1.82) is 0 Å². The number of Topliss-reactive ketones (excluding diaryl/α,β-unsaturated/α-hetero) is 1. The van der Waals surface area contributed by atoms with Gasteiger partial charge in [-0.2, -0.15) is 0 Å². The lowest BCUT2D eigenvalue weighted by Gasteiger charge is -2.31. The summed E-state index contributed by atoms with van der Waals surface area (Å²) in [5.74, 6) is -2.34. The number of halogens is 2. The Balaban J connectivity index is 1.90. The van der Waals surface area contributed by atoms with E-state index in [-0.39, 0.29) is 36.3 Å². The van der Waals surface area contributed by atoms with E-state index >= 15 is 0 Å². The fourth-order valence-corrected chi connectivity index (χ4v) is 2.43. The van der Waals surface area contributed by atoms with Crippen LogP contribution in [0.2, 0.25) is 0 Å². The summed E-state index contributed by atoms with van der Waals surface area (Å²) in [6.07, 6.45) is 1.62. The molecule has 0 saturated carbocycles. The van der Waals surface area contributed by atoms with Gasteiger partial charge < -0.3 is 9.47 Å². The first kappa shape index (κ1) is 15.1. The van der Waals surface area contributed by atoms with E-state index in [1.165, 1.54) is 6.07 Å². The van der Waals surface area contributed by atoms with Crippen molar-refractivity contribution >= 4 is 5.78 Å². The quantitative estimate of drug-likeness (QED) is 0.797. The van der Waals surface area contributed by atoms with Crippen LogP contribution in [0.5, 0.6) is 0 Å². The standard InChI is InChI=1S/C15H18F2O3/c1-9-5-12(6-10(2)20-9)19-8-15(18)11-3-4-13(16)14(17)7-11/h3-4,7,9-10,12H,5-6,8H2,1-2H3. The molecular formula is C15H18F2O3. The molecule has 1 aromatic carbocycles. The molecule has 0 amide bonds. The molecule has 1 saturated heterocycles. The molecule has 1 aliphatic rings. The van der Waals surface area contributed by atoms with E-state index in [0.717, 1.165) is 25.0 Å². The molecule has 1 aromatic rings. The van der Waals surface area contributed by atoms with E-state index in [2.05, 4.69) is 0 Å². The summed E-state index contributed by atoms with van der Waals surface area (Å²) in [4.78, 5) is 11.9. The Labute approximate surface area is 116 Å². The van der Waals surface area contributed by atoms with Crippen molar-refractivity contribution in [2.45, 2.75) is 45.0 Å². The van der Waals surface area contributed by atoms with E-state index < -0.39 is 11.6 Å². The molecule has 0 N–H and O–H groups in total. The summed E-state index contributed by atoms with van der Waals surface area (Å²) in [5.41, 5.74) is 0.122. The van der Waals surface area contributed by atoms with E-state index in [9.17, 15) is 13.6 Å². The second-order valence-electron chi connectivity index (χ2n) is 5.21. The van der Waals surface area contributed by atoms with Gasteiger partial charge in [-0.25, -0.2) is 8.78 Å². The van der Waals surface area contributed by atoms with Crippen LogP contribution in [-0.2, 0) is 9.47 Å². The molecule has 0 radical (unpaired) electrons. The van der Waals surface area contributed by atoms with Crippen molar-refractivity contribution in [2.75, 3.05) is 6.61 Å². The van der Waals surface area contributed by atoms with Crippen LogP contribution in [0.3, 0.4) is 0 Å². The first-order chi connectivity index (χ1) is 9.45. The molecule has 1 fully saturated rings. The summed E-state index contributed by atoms with van der Waals surface area (Å²) >= 11 is 0. The number of carbonyl (C=O) groups excluding carboxylic acids is 1. The van der Waals surface area contributed by atoms with Crippen molar-refractivity contribution in [3.8, 4) is 0 Å². The van der Waals surface area contributed by atoms with Gasteiger partial charge in [0, 0.05) is 5.56 Å². The molecule has 2 unspecified atom stereocenters. The van der Waals surface area contributed by atoms with Gasteiger partial charge in [-0.15, -0.1) is 0 Å². The molecule has 20 heavy (non-hydrogen) atoms. The average molecular weight is 284 g/mol. The maximum absolute atomic E-state index is 13.1. The van der Waals surface area contributed by atoms with Crippen LogP contribution in [0.15, 0.2) is 18.2 Å². The summed E-state index contributed by atoms with van der Waals surface area (Å²) in [6.45, 7) is 3.79. The maximum atomic E-state index is 13.1.